The highest BCUT2D eigenvalue weighted by Crippen LogP contribution is 2.25. The topological polar surface area (TPSA) is 66.5 Å². The summed E-state index contributed by atoms with van der Waals surface area (Å²) >= 11 is 1.56. The van der Waals surface area contributed by atoms with E-state index in [1.54, 1.807) is 25.2 Å². The first kappa shape index (κ1) is 14.7. The molecule has 0 spiro atoms. The summed E-state index contributed by atoms with van der Waals surface area (Å²) in [6.07, 6.45) is 0. The molecule has 1 aliphatic rings. The molecule has 1 N–H and O–H groups in total. The van der Waals surface area contributed by atoms with E-state index in [4.69, 9.17) is 0 Å². The first-order valence-electron chi connectivity index (χ1n) is 6.53. The predicted molar refractivity (Wildman–Crippen MR) is 76.2 cm³/mol. The number of hydrogen-bond acceptors (Lipinski definition) is 4. The van der Waals surface area contributed by atoms with Gasteiger partial charge in [-0.25, -0.2) is 4.79 Å². The van der Waals surface area contributed by atoms with Crippen LogP contribution in [0.15, 0.2) is 6.07 Å². The Morgan fingerprint density at radius 2 is 1.95 bits per heavy atom. The molecule has 1 saturated heterocycles. The predicted octanol–water partition coefficient (Wildman–Crippen LogP) is 2.22. The van der Waals surface area contributed by atoms with Gasteiger partial charge < -0.3 is 0 Å². The van der Waals surface area contributed by atoms with E-state index in [1.807, 2.05) is 19.9 Å². The van der Waals surface area contributed by atoms with E-state index in [1.165, 1.54) is 4.88 Å². The molecule has 0 aromatic carbocycles. The normalized spacial score (nSPS) is 19.8. The minimum Gasteiger partial charge on any atom is -0.277 e. The summed E-state index contributed by atoms with van der Waals surface area (Å²) in [5, 5.41) is 2.26. The summed E-state index contributed by atoms with van der Waals surface area (Å²) in [4.78, 5) is 39.2. The van der Waals surface area contributed by atoms with Gasteiger partial charge in [0.25, 0.3) is 0 Å². The average molecular weight is 294 g/mol. The molecule has 6 heteroatoms. The third-order valence-electron chi connectivity index (χ3n) is 3.49. The van der Waals surface area contributed by atoms with E-state index < -0.39 is 23.8 Å². The van der Waals surface area contributed by atoms with Crippen molar-refractivity contribution in [3.63, 3.8) is 0 Å². The molecular formula is C14H18N2O3S. The molecule has 0 radical (unpaired) electrons. The van der Waals surface area contributed by atoms with Crippen LogP contribution in [0.25, 0.3) is 0 Å². The van der Waals surface area contributed by atoms with Crippen molar-refractivity contribution in [2.45, 2.75) is 34.2 Å². The number of carbonyl (C=O) groups excluding carboxylic acids is 3. The molecular weight excluding hydrogens is 276 g/mol. The Labute approximate surface area is 122 Å². The standard InChI is InChI=1S/C14H18N2O3S/c1-7(2)11-12(17)15-14(19)16(13(11)18)6-10-5-8(3)9(4)20-10/h5,7,11H,6H2,1-4H3,(H,15,17,19). The van der Waals surface area contributed by atoms with Crippen LogP contribution < -0.4 is 5.32 Å². The number of thiophene rings is 1. The zero-order valence-corrected chi connectivity index (χ0v) is 12.8. The second-order valence-corrected chi connectivity index (χ2v) is 6.73. The van der Waals surface area contributed by atoms with Crippen molar-refractivity contribution in [2.24, 2.45) is 11.8 Å². The summed E-state index contributed by atoms with van der Waals surface area (Å²) in [6.45, 7) is 7.82. The average Bonchev–Trinajstić information content (AvgIpc) is 2.63. The van der Waals surface area contributed by atoms with Crippen LogP contribution in [-0.2, 0) is 16.1 Å². The van der Waals surface area contributed by atoms with E-state index in [0.717, 1.165) is 15.3 Å². The molecule has 0 aliphatic carbocycles. The van der Waals surface area contributed by atoms with Crippen LogP contribution >= 0.6 is 11.3 Å². The number of urea groups is 1. The first-order chi connectivity index (χ1) is 9.31. The zero-order valence-electron chi connectivity index (χ0n) is 12.0. The van der Waals surface area contributed by atoms with Gasteiger partial charge in [-0.3, -0.25) is 19.8 Å². The fraction of sp³-hybridized carbons (Fsp3) is 0.500. The van der Waals surface area contributed by atoms with Crippen molar-refractivity contribution < 1.29 is 14.4 Å². The molecule has 0 bridgehead atoms. The van der Waals surface area contributed by atoms with Gasteiger partial charge in [0.15, 0.2) is 0 Å². The lowest BCUT2D eigenvalue weighted by molar-refractivity contribution is -0.144. The number of aryl methyl sites for hydroxylation is 2. The smallest absolute Gasteiger partial charge is 0.277 e. The maximum absolute atomic E-state index is 12.3. The first-order valence-corrected chi connectivity index (χ1v) is 7.35. The number of hydrogen-bond donors (Lipinski definition) is 1. The van der Waals surface area contributed by atoms with Crippen LogP contribution in [0.3, 0.4) is 0 Å². The van der Waals surface area contributed by atoms with E-state index in [-0.39, 0.29) is 12.5 Å². The monoisotopic (exact) mass is 294 g/mol. The molecule has 108 valence electrons. The largest absolute Gasteiger partial charge is 0.331 e. The highest BCUT2D eigenvalue weighted by molar-refractivity contribution is 7.12. The lowest BCUT2D eigenvalue weighted by Crippen LogP contribution is -2.58. The molecule has 20 heavy (non-hydrogen) atoms. The molecule has 5 nitrogen and oxygen atoms in total. The van der Waals surface area contributed by atoms with Crippen LogP contribution in [-0.4, -0.2) is 22.7 Å². The molecule has 0 saturated carbocycles. The molecule has 2 heterocycles. The Morgan fingerprint density at radius 3 is 2.45 bits per heavy atom. The Balaban J connectivity index is 2.23. The summed E-state index contributed by atoms with van der Waals surface area (Å²) in [5.74, 6) is -1.82. The van der Waals surface area contributed by atoms with Crippen LogP contribution in [0.1, 0.15) is 29.2 Å². The van der Waals surface area contributed by atoms with Gasteiger partial charge in [0.05, 0.1) is 6.54 Å². The van der Waals surface area contributed by atoms with Gasteiger partial charge >= 0.3 is 6.03 Å². The number of imide groups is 2. The van der Waals surface area contributed by atoms with Crippen LogP contribution in [0, 0.1) is 25.7 Å². The minimum absolute atomic E-state index is 0.134. The summed E-state index contributed by atoms with van der Waals surface area (Å²) in [6, 6.07) is 1.35. The van der Waals surface area contributed by atoms with Crippen molar-refractivity contribution in [3.8, 4) is 0 Å². The fourth-order valence-corrected chi connectivity index (χ4v) is 3.29. The molecule has 1 fully saturated rings. The second kappa shape index (κ2) is 5.36. The Morgan fingerprint density at radius 1 is 1.30 bits per heavy atom. The van der Waals surface area contributed by atoms with Crippen molar-refractivity contribution in [2.75, 3.05) is 0 Å². The van der Waals surface area contributed by atoms with Crippen molar-refractivity contribution in [1.29, 1.82) is 0 Å². The van der Waals surface area contributed by atoms with Crippen molar-refractivity contribution >= 4 is 29.2 Å². The maximum Gasteiger partial charge on any atom is 0.331 e. The molecule has 2 rings (SSSR count). The lowest BCUT2D eigenvalue weighted by Gasteiger charge is -2.31. The van der Waals surface area contributed by atoms with Gasteiger partial charge in [-0.05, 0) is 31.4 Å². The quantitative estimate of drug-likeness (QED) is 0.869. The third kappa shape index (κ3) is 2.60. The van der Waals surface area contributed by atoms with E-state index in [0.29, 0.717) is 0 Å². The van der Waals surface area contributed by atoms with Gasteiger partial charge in [-0.1, -0.05) is 13.8 Å². The van der Waals surface area contributed by atoms with Gasteiger partial charge in [0, 0.05) is 9.75 Å². The van der Waals surface area contributed by atoms with E-state index in [2.05, 4.69) is 5.32 Å². The van der Waals surface area contributed by atoms with E-state index >= 15 is 0 Å². The summed E-state index contributed by atoms with van der Waals surface area (Å²) < 4.78 is 0. The molecule has 4 amide bonds. The van der Waals surface area contributed by atoms with Gasteiger partial charge in [-0.2, -0.15) is 0 Å². The molecule has 1 aromatic rings. The third-order valence-corrected chi connectivity index (χ3v) is 4.62. The van der Waals surface area contributed by atoms with Crippen molar-refractivity contribution in [1.82, 2.24) is 10.2 Å². The number of rotatable bonds is 3. The number of nitrogens with one attached hydrogen (secondary N) is 1. The minimum atomic E-state index is -0.783. The zero-order chi connectivity index (χ0) is 15.0. The SMILES string of the molecule is Cc1cc(CN2C(=O)NC(=O)C(C(C)C)C2=O)sc1C. The highest BCUT2D eigenvalue weighted by Gasteiger charge is 2.42. The molecule has 1 unspecified atom stereocenters. The van der Waals surface area contributed by atoms with E-state index in [9.17, 15) is 14.4 Å². The Bertz CT molecular complexity index is 557. The molecule has 1 aliphatic heterocycles. The highest BCUT2D eigenvalue weighted by atomic mass is 32.1. The Hall–Kier alpha value is -1.69. The Kier molecular flexibility index (Phi) is 3.94. The van der Waals surface area contributed by atoms with Crippen LogP contribution in [0.2, 0.25) is 0 Å². The number of carbonyl (C=O) groups is 3. The van der Waals surface area contributed by atoms with Crippen LogP contribution in [0.5, 0.6) is 0 Å². The van der Waals surface area contributed by atoms with Gasteiger partial charge in [0.1, 0.15) is 5.92 Å². The van der Waals surface area contributed by atoms with Crippen LogP contribution in [0.4, 0.5) is 4.79 Å². The molecule has 1 aromatic heterocycles. The lowest BCUT2D eigenvalue weighted by atomic mass is 9.92. The number of nitrogens with zero attached hydrogens (tertiary/aromatic N) is 1. The van der Waals surface area contributed by atoms with Gasteiger partial charge in [-0.15, -0.1) is 11.3 Å². The molecule has 1 atom stereocenters. The van der Waals surface area contributed by atoms with Crippen molar-refractivity contribution in [3.05, 3.63) is 21.4 Å². The number of amides is 4. The summed E-state index contributed by atoms with van der Waals surface area (Å²) in [7, 11) is 0. The number of barbiturate groups is 1. The summed E-state index contributed by atoms with van der Waals surface area (Å²) in [5.41, 5.74) is 1.14. The second-order valence-electron chi connectivity index (χ2n) is 5.39. The maximum atomic E-state index is 12.3. The van der Waals surface area contributed by atoms with Gasteiger partial charge in [0.2, 0.25) is 11.8 Å². The fourth-order valence-electron chi connectivity index (χ4n) is 2.25.